The predicted molar refractivity (Wildman–Crippen MR) is 237 cm³/mol. The molecule has 3 fully saturated rings. The van der Waals surface area contributed by atoms with Crippen molar-refractivity contribution in [2.24, 2.45) is 35.3 Å². The molecule has 6 N–H and O–H groups in total. The minimum Gasteiger partial charge on any atom is -0.456 e. The average Bonchev–Trinajstić information content (AvgIpc) is 3.21. The van der Waals surface area contributed by atoms with Crippen LogP contribution in [0.2, 0.25) is 0 Å². The Balaban J connectivity index is 0.00000253. The van der Waals surface area contributed by atoms with Gasteiger partial charge in [-0.3, -0.25) is 14.4 Å². The van der Waals surface area contributed by atoms with E-state index in [2.05, 4.69) is 19.2 Å². The summed E-state index contributed by atoms with van der Waals surface area (Å²) in [4.78, 5) is 53.2. The Labute approximate surface area is 370 Å². The fraction of sp³-hybridized carbons (Fsp3) is 0.766. The molecule has 0 aromatic carbocycles. The number of nitrogens with zero attached hydrogens (tertiary/aromatic N) is 1. The van der Waals surface area contributed by atoms with Crippen LogP contribution >= 0.6 is 0 Å². The third kappa shape index (κ3) is 14.3. The Morgan fingerprint density at radius 3 is 2.18 bits per heavy atom. The number of nitrogens with one attached hydrogen (secondary N) is 1. The number of aliphatic hydroxyl groups excluding tert-OH is 2. The normalized spacial score (nSPS) is 38.1. The highest BCUT2D eigenvalue weighted by atomic mass is 16.7. The van der Waals surface area contributed by atoms with Gasteiger partial charge in [0.05, 0.1) is 30.5 Å². The molecule has 2 saturated heterocycles. The molecular formula is C47H79N3O12. The molecule has 0 spiro atoms. The molecule has 62 heavy (non-hydrogen) atoms. The summed E-state index contributed by atoms with van der Waals surface area (Å²) in [5.74, 6) is -7.46. The number of fused-ring (bicyclic) bond motifs is 3. The van der Waals surface area contributed by atoms with E-state index in [-0.39, 0.29) is 63.0 Å². The van der Waals surface area contributed by atoms with Gasteiger partial charge in [0, 0.05) is 64.7 Å². The van der Waals surface area contributed by atoms with Crippen molar-refractivity contribution in [1.82, 2.24) is 4.90 Å². The van der Waals surface area contributed by atoms with E-state index in [1.165, 1.54) is 18.9 Å². The van der Waals surface area contributed by atoms with Crippen LogP contribution in [0.1, 0.15) is 120 Å². The number of piperidine rings is 1. The molecule has 3 aliphatic heterocycles. The van der Waals surface area contributed by atoms with E-state index < -0.39 is 77.9 Å². The van der Waals surface area contributed by atoms with E-state index >= 15 is 0 Å². The highest BCUT2D eigenvalue weighted by Crippen LogP contribution is 2.39. The fourth-order valence-corrected chi connectivity index (χ4v) is 9.46. The van der Waals surface area contributed by atoms with E-state index in [1.54, 1.807) is 34.1 Å². The van der Waals surface area contributed by atoms with Gasteiger partial charge in [0.25, 0.3) is 11.7 Å². The van der Waals surface area contributed by atoms with Gasteiger partial charge in [0.2, 0.25) is 11.7 Å². The van der Waals surface area contributed by atoms with Gasteiger partial charge in [-0.15, -0.1) is 6.58 Å². The number of ketones is 1. The van der Waals surface area contributed by atoms with Gasteiger partial charge in [0.1, 0.15) is 18.2 Å². The number of Topliss-reactive ketones (excluding diaryl/α,β-unsaturated/α-hetero) is 1. The first-order valence-electron chi connectivity index (χ1n) is 21.9. The number of aliphatic hydroxyl groups is 3. The highest BCUT2D eigenvalue weighted by molar-refractivity contribution is 6.39. The number of hydrogen-bond acceptors (Lipinski definition) is 13. The molecule has 2 bridgehead atoms. The minimum atomic E-state index is -2.50. The van der Waals surface area contributed by atoms with Gasteiger partial charge >= 0.3 is 5.97 Å². The smallest absolute Gasteiger partial charge is 0.329 e. The molecule has 0 radical (unpaired) electrons. The zero-order chi connectivity index (χ0) is 45.8. The van der Waals surface area contributed by atoms with Crippen molar-refractivity contribution < 1.29 is 58.2 Å². The Kier molecular flexibility index (Phi) is 22.3. The Morgan fingerprint density at radius 1 is 0.968 bits per heavy atom. The minimum absolute atomic E-state index is 0. The molecule has 3 heterocycles. The van der Waals surface area contributed by atoms with E-state index in [0.29, 0.717) is 62.7 Å². The fourth-order valence-electron chi connectivity index (χ4n) is 9.46. The number of cyclic esters (lactones) is 1. The Morgan fingerprint density at radius 2 is 1.58 bits per heavy atom. The molecule has 14 atom stereocenters. The Bertz CT molecular complexity index is 1580. The molecule has 0 aromatic heterocycles. The van der Waals surface area contributed by atoms with Crippen molar-refractivity contribution >= 4 is 29.3 Å². The first-order chi connectivity index (χ1) is 28.7. The molecule has 1 saturated carbocycles. The second kappa shape index (κ2) is 25.2. The topological polar surface area (TPSA) is 228 Å². The highest BCUT2D eigenvalue weighted by Gasteiger charge is 2.56. The number of ether oxygens (including phenoxy) is 5. The van der Waals surface area contributed by atoms with Crippen molar-refractivity contribution in [3.8, 4) is 0 Å². The summed E-state index contributed by atoms with van der Waals surface area (Å²) in [6.07, 6.45) is 5.99. The molecule has 2 amide bonds. The van der Waals surface area contributed by atoms with Gasteiger partial charge in [-0.1, -0.05) is 52.0 Å². The van der Waals surface area contributed by atoms with E-state index in [9.17, 15) is 34.5 Å². The summed E-state index contributed by atoms with van der Waals surface area (Å²) in [7, 11) is 4.65. The lowest BCUT2D eigenvalue weighted by Gasteiger charge is -2.47. The van der Waals surface area contributed by atoms with Crippen LogP contribution in [0.15, 0.2) is 36.0 Å². The number of hydrogen-bond donors (Lipinski definition) is 5. The van der Waals surface area contributed by atoms with Crippen LogP contribution in [-0.2, 0) is 42.9 Å². The first-order valence-corrected chi connectivity index (χ1v) is 21.9. The standard InChI is InChI=1S/C44H70N2O11.C2H5NO.CH4/c1-10-13-31-19-25(2)18-26(3)20-37(54-8)40-38(55-9)22-28(5)44(52,57-40)41(49)42(50)46-17-12-11-14-33(46)43(51)56-39(29(6)35(48)24-32(31)45)27(4)21-30-15-16-34(47)36(23-30)53-7;1-2(3)4;/h10,19,21,26,28-31,33-40,45,47-48,52H,1,11-18,20,22-24H2,2-9H3;1H3,(H2,3,4);1H4/b25-19+,27-21+,45-32?;;/t26-,28+,29+,30-,31+,33-,34+,35-,36+,37-,38-,39+,40+,44+;;/m0../s1. The number of primary amides is 1. The zero-order valence-electron chi connectivity index (χ0n) is 38.0. The maximum absolute atomic E-state index is 14.3. The summed E-state index contributed by atoms with van der Waals surface area (Å²) in [5.41, 5.74) is 6.53. The molecular weight excluding hydrogens is 799 g/mol. The number of carbonyl (C=O) groups is 4. The summed E-state index contributed by atoms with van der Waals surface area (Å²) >= 11 is 0. The second-order valence-electron chi connectivity index (χ2n) is 17.9. The van der Waals surface area contributed by atoms with Crippen LogP contribution in [0.5, 0.6) is 0 Å². The second-order valence-corrected chi connectivity index (χ2v) is 17.9. The van der Waals surface area contributed by atoms with Crippen molar-refractivity contribution in [3.63, 3.8) is 0 Å². The van der Waals surface area contributed by atoms with Crippen molar-refractivity contribution in [2.75, 3.05) is 27.9 Å². The predicted octanol–water partition coefficient (Wildman–Crippen LogP) is 5.22. The third-order valence-electron chi connectivity index (χ3n) is 12.9. The summed E-state index contributed by atoms with van der Waals surface area (Å²) in [6, 6.07) is -1.12. The zero-order valence-corrected chi connectivity index (χ0v) is 38.0. The van der Waals surface area contributed by atoms with Gasteiger partial charge in [-0.05, 0) is 95.5 Å². The monoisotopic (exact) mass is 878 g/mol. The quantitative estimate of drug-likeness (QED) is 0.126. The Hall–Kier alpha value is -3.31. The maximum Gasteiger partial charge on any atom is 0.329 e. The number of carbonyl (C=O) groups excluding carboxylic acids is 4. The number of nitrogens with two attached hydrogens (primary N) is 1. The lowest BCUT2D eigenvalue weighted by atomic mass is 9.81. The number of esters is 1. The molecule has 0 aromatic rings. The number of amides is 2. The number of methoxy groups -OCH3 is 3. The lowest BCUT2D eigenvalue weighted by Crippen LogP contribution is -2.64. The molecule has 1 aliphatic carbocycles. The van der Waals surface area contributed by atoms with E-state index in [0.717, 1.165) is 5.57 Å². The van der Waals surface area contributed by atoms with Crippen LogP contribution in [-0.4, -0.2) is 132 Å². The molecule has 15 heteroatoms. The number of allylic oxidation sites excluding steroid dienone is 4. The summed E-state index contributed by atoms with van der Waals surface area (Å²) in [6.45, 7) is 14.7. The van der Waals surface area contributed by atoms with Crippen LogP contribution in [0.4, 0.5) is 0 Å². The molecule has 4 aliphatic rings. The van der Waals surface area contributed by atoms with Crippen LogP contribution in [0.3, 0.4) is 0 Å². The summed E-state index contributed by atoms with van der Waals surface area (Å²) in [5, 5.41) is 43.4. The maximum atomic E-state index is 14.3. The van der Waals surface area contributed by atoms with Crippen LogP contribution in [0.25, 0.3) is 0 Å². The SMILES string of the molecule is C.C=CC[C@@H]1/C=C(\C)C[C@H](C)C[C@H](OC)[C@H]2O[C@@](O)(C(=O)C(=O)N3CCCC[C@H]3C(=O)O[C@H](/C(C)=C/[C@@H]3CC[C@@H](O)[C@H](OC)C3)[C@H](C)[C@@H](O)CC1=N)[C@H](C)C[C@@H]2OC.CC(N)=O. The van der Waals surface area contributed by atoms with Crippen molar-refractivity contribution in [1.29, 1.82) is 5.41 Å². The van der Waals surface area contributed by atoms with Gasteiger partial charge in [-0.25, -0.2) is 4.79 Å². The lowest BCUT2D eigenvalue weighted by molar-refractivity contribution is -0.302. The van der Waals surface area contributed by atoms with E-state index in [1.807, 2.05) is 26.0 Å². The van der Waals surface area contributed by atoms with E-state index in [4.69, 9.17) is 29.1 Å². The van der Waals surface area contributed by atoms with Gasteiger partial charge in [-0.2, -0.15) is 0 Å². The van der Waals surface area contributed by atoms with Crippen LogP contribution in [0, 0.1) is 35.0 Å². The first kappa shape index (κ1) is 54.8. The molecule has 0 unspecified atom stereocenters. The molecule has 354 valence electrons. The van der Waals surface area contributed by atoms with Crippen LogP contribution < -0.4 is 5.73 Å². The molecule has 15 nitrogen and oxygen atoms in total. The summed E-state index contributed by atoms with van der Waals surface area (Å²) < 4.78 is 29.9. The van der Waals surface area contributed by atoms with Gasteiger partial charge in [0.15, 0.2) is 0 Å². The van der Waals surface area contributed by atoms with Crippen molar-refractivity contribution in [3.05, 3.63) is 36.0 Å². The molecule has 4 rings (SSSR count). The number of rotatable bonds is 7. The van der Waals surface area contributed by atoms with Crippen molar-refractivity contribution in [2.45, 2.75) is 174 Å². The largest absolute Gasteiger partial charge is 0.456 e. The third-order valence-corrected chi connectivity index (χ3v) is 12.9. The average molecular weight is 878 g/mol. The van der Waals surface area contributed by atoms with Gasteiger partial charge < -0.3 is 55.0 Å².